The van der Waals surface area contributed by atoms with Crippen LogP contribution in [-0.4, -0.2) is 32.9 Å². The van der Waals surface area contributed by atoms with Crippen LogP contribution in [0.4, 0.5) is 11.4 Å². The molecule has 1 amide bonds. The molecule has 17 heavy (non-hydrogen) atoms. The van der Waals surface area contributed by atoms with Crippen molar-refractivity contribution >= 4 is 27.1 Å². The number of nitrogens with zero attached hydrogens (tertiary/aromatic N) is 1. The highest BCUT2D eigenvalue weighted by atomic mass is 32.2. The van der Waals surface area contributed by atoms with Crippen LogP contribution in [0.15, 0.2) is 18.2 Å². The molecule has 2 rings (SSSR count). The monoisotopic (exact) mass is 254 g/mol. The average Bonchev–Trinajstić information content (AvgIpc) is 2.57. The molecule has 0 radical (unpaired) electrons. The molecular weight excluding hydrogens is 240 g/mol. The Morgan fingerprint density at radius 2 is 2.18 bits per heavy atom. The summed E-state index contributed by atoms with van der Waals surface area (Å²) in [6.45, 7) is 0.521. The van der Waals surface area contributed by atoms with Gasteiger partial charge in [-0.2, -0.15) is 0 Å². The quantitative estimate of drug-likeness (QED) is 0.765. The number of nitrogens with two attached hydrogens (primary N) is 1. The van der Waals surface area contributed by atoms with Gasteiger partial charge in [0.1, 0.15) is 5.75 Å². The molecule has 1 heterocycles. The van der Waals surface area contributed by atoms with Gasteiger partial charge in [-0.15, -0.1) is 0 Å². The third-order valence-electron chi connectivity index (χ3n) is 2.69. The Hall–Kier alpha value is -1.56. The fraction of sp³-hybridized carbons (Fsp3) is 0.364. The molecular formula is C11H14N2O3S. The van der Waals surface area contributed by atoms with Crippen LogP contribution in [0.5, 0.6) is 0 Å². The Balaban J connectivity index is 2.25. The molecule has 0 fully saturated rings. The van der Waals surface area contributed by atoms with E-state index in [2.05, 4.69) is 0 Å². The summed E-state index contributed by atoms with van der Waals surface area (Å²) in [6, 6.07) is 5.30. The van der Waals surface area contributed by atoms with Crippen molar-refractivity contribution in [3.63, 3.8) is 0 Å². The number of carbonyl (C=O) groups is 1. The molecule has 5 nitrogen and oxygen atoms in total. The second kappa shape index (κ2) is 4.03. The third-order valence-corrected chi connectivity index (χ3v) is 3.46. The number of hydrogen-bond donors (Lipinski definition) is 1. The van der Waals surface area contributed by atoms with Crippen molar-refractivity contribution in [1.29, 1.82) is 0 Å². The number of fused-ring (bicyclic) bond motifs is 1. The molecule has 0 aliphatic carbocycles. The molecule has 6 heteroatoms. The number of sulfone groups is 1. The summed E-state index contributed by atoms with van der Waals surface area (Å²) >= 11 is 0. The van der Waals surface area contributed by atoms with E-state index >= 15 is 0 Å². The number of anilines is 2. The first-order valence-electron chi connectivity index (χ1n) is 5.23. The lowest BCUT2D eigenvalue weighted by Crippen LogP contribution is -2.34. The molecule has 1 aliphatic rings. The van der Waals surface area contributed by atoms with Crippen LogP contribution in [0, 0.1) is 0 Å². The largest absolute Gasteiger partial charge is 0.399 e. The zero-order chi connectivity index (χ0) is 12.6. The third kappa shape index (κ3) is 2.58. The summed E-state index contributed by atoms with van der Waals surface area (Å²) in [6.07, 6.45) is 1.78. The number of hydrogen-bond acceptors (Lipinski definition) is 4. The predicted octanol–water partition coefficient (Wildman–Crippen LogP) is 0.203. The van der Waals surface area contributed by atoms with Crippen molar-refractivity contribution < 1.29 is 13.2 Å². The predicted molar refractivity (Wildman–Crippen MR) is 66.6 cm³/mol. The highest BCUT2D eigenvalue weighted by Crippen LogP contribution is 2.29. The van der Waals surface area contributed by atoms with Crippen molar-refractivity contribution in [2.24, 2.45) is 0 Å². The molecule has 1 aromatic carbocycles. The second-order valence-electron chi connectivity index (χ2n) is 4.25. The van der Waals surface area contributed by atoms with E-state index in [9.17, 15) is 13.2 Å². The molecule has 0 unspecified atom stereocenters. The van der Waals surface area contributed by atoms with Gasteiger partial charge in [0.2, 0.25) is 5.91 Å². The van der Waals surface area contributed by atoms with Gasteiger partial charge in [0.05, 0.1) is 0 Å². The molecule has 1 aromatic rings. The number of amides is 1. The van der Waals surface area contributed by atoms with E-state index in [1.807, 2.05) is 6.07 Å². The van der Waals surface area contributed by atoms with Crippen molar-refractivity contribution in [2.45, 2.75) is 6.42 Å². The van der Waals surface area contributed by atoms with Gasteiger partial charge in [-0.1, -0.05) is 0 Å². The normalized spacial score (nSPS) is 14.8. The zero-order valence-corrected chi connectivity index (χ0v) is 10.3. The van der Waals surface area contributed by atoms with Crippen molar-refractivity contribution in [3.05, 3.63) is 23.8 Å². The molecule has 0 saturated heterocycles. The van der Waals surface area contributed by atoms with E-state index in [1.54, 1.807) is 12.1 Å². The first-order valence-corrected chi connectivity index (χ1v) is 7.29. The molecule has 92 valence electrons. The van der Waals surface area contributed by atoms with Gasteiger partial charge in [-0.3, -0.25) is 4.79 Å². The maximum Gasteiger partial charge on any atom is 0.242 e. The van der Waals surface area contributed by atoms with Crippen LogP contribution in [0.1, 0.15) is 5.56 Å². The van der Waals surface area contributed by atoms with Gasteiger partial charge >= 0.3 is 0 Å². The fourth-order valence-electron chi connectivity index (χ4n) is 1.98. The van der Waals surface area contributed by atoms with Crippen LogP contribution in [-0.2, 0) is 21.1 Å². The molecule has 0 aromatic heterocycles. The summed E-state index contributed by atoms with van der Waals surface area (Å²) < 4.78 is 22.2. The Bertz CT molecular complexity index is 566. The summed E-state index contributed by atoms with van der Waals surface area (Å²) in [4.78, 5) is 13.3. The molecule has 0 spiro atoms. The average molecular weight is 254 g/mol. The molecule has 2 N–H and O–H groups in total. The van der Waals surface area contributed by atoms with Crippen molar-refractivity contribution in [2.75, 3.05) is 29.2 Å². The van der Waals surface area contributed by atoms with Crippen molar-refractivity contribution in [3.8, 4) is 0 Å². The lowest BCUT2D eigenvalue weighted by atomic mass is 10.1. The van der Waals surface area contributed by atoms with Crippen molar-refractivity contribution in [1.82, 2.24) is 0 Å². The minimum Gasteiger partial charge on any atom is -0.399 e. The van der Waals surface area contributed by atoms with Gasteiger partial charge in [0.25, 0.3) is 0 Å². The summed E-state index contributed by atoms with van der Waals surface area (Å²) in [5, 5.41) is 0. The molecule has 1 aliphatic heterocycles. The minimum atomic E-state index is -3.29. The minimum absolute atomic E-state index is 0.379. The van der Waals surface area contributed by atoms with Crippen LogP contribution < -0.4 is 10.6 Å². The molecule has 0 bridgehead atoms. The number of rotatable bonds is 2. The van der Waals surface area contributed by atoms with Gasteiger partial charge < -0.3 is 10.6 Å². The van der Waals surface area contributed by atoms with E-state index in [4.69, 9.17) is 5.73 Å². The lowest BCUT2D eigenvalue weighted by Gasteiger charge is -2.16. The zero-order valence-electron chi connectivity index (χ0n) is 9.51. The van der Waals surface area contributed by atoms with E-state index < -0.39 is 15.6 Å². The highest BCUT2D eigenvalue weighted by Gasteiger charge is 2.26. The Morgan fingerprint density at radius 3 is 2.82 bits per heavy atom. The second-order valence-corrected chi connectivity index (χ2v) is 6.39. The highest BCUT2D eigenvalue weighted by molar-refractivity contribution is 7.91. The van der Waals surface area contributed by atoms with Crippen LogP contribution in [0.2, 0.25) is 0 Å². The first-order chi connectivity index (χ1) is 7.87. The smallest absolute Gasteiger partial charge is 0.242 e. The number of benzene rings is 1. The summed E-state index contributed by atoms with van der Waals surface area (Å²) in [7, 11) is -3.29. The Kier molecular flexibility index (Phi) is 2.82. The summed E-state index contributed by atoms with van der Waals surface area (Å²) in [5.41, 5.74) is 8.07. The molecule has 0 atom stereocenters. The standard InChI is InChI=1S/C11H14N2O3S/c1-17(15,16)7-11(14)13-5-4-8-6-9(12)2-3-10(8)13/h2-3,6H,4-5,7,12H2,1H3. The Morgan fingerprint density at radius 1 is 1.47 bits per heavy atom. The van der Waals surface area contributed by atoms with Crippen LogP contribution >= 0.6 is 0 Å². The van der Waals surface area contributed by atoms with Gasteiger partial charge in [0, 0.05) is 24.2 Å². The number of nitrogen functional groups attached to an aromatic ring is 1. The topological polar surface area (TPSA) is 80.5 Å². The van der Waals surface area contributed by atoms with E-state index in [0.29, 0.717) is 12.2 Å². The van der Waals surface area contributed by atoms with Gasteiger partial charge in [0.15, 0.2) is 9.84 Å². The fourth-order valence-corrected chi connectivity index (χ4v) is 2.59. The maximum atomic E-state index is 11.8. The Labute approximate surface area is 100 Å². The van der Waals surface area contributed by atoms with E-state index in [1.165, 1.54) is 4.90 Å². The van der Waals surface area contributed by atoms with Gasteiger partial charge in [-0.25, -0.2) is 8.42 Å². The lowest BCUT2D eigenvalue weighted by molar-refractivity contribution is -0.116. The molecule has 0 saturated carbocycles. The first kappa shape index (κ1) is 11.9. The van der Waals surface area contributed by atoms with Crippen LogP contribution in [0.3, 0.4) is 0 Å². The van der Waals surface area contributed by atoms with Crippen LogP contribution in [0.25, 0.3) is 0 Å². The number of carbonyl (C=O) groups excluding carboxylic acids is 1. The van der Waals surface area contributed by atoms with E-state index in [-0.39, 0.29) is 5.91 Å². The maximum absolute atomic E-state index is 11.8. The van der Waals surface area contributed by atoms with Gasteiger partial charge in [-0.05, 0) is 30.2 Å². The van der Waals surface area contributed by atoms with E-state index in [0.717, 1.165) is 23.9 Å². The summed E-state index contributed by atoms with van der Waals surface area (Å²) in [5.74, 6) is -0.826. The SMILES string of the molecule is CS(=O)(=O)CC(=O)N1CCc2cc(N)ccc21.